The number of benzene rings is 1. The van der Waals surface area contributed by atoms with Crippen molar-refractivity contribution in [3.05, 3.63) is 23.0 Å². The van der Waals surface area contributed by atoms with Gasteiger partial charge in [0, 0.05) is 18.8 Å². The highest BCUT2D eigenvalue weighted by Gasteiger charge is 2.33. The highest BCUT2D eigenvalue weighted by molar-refractivity contribution is 7.89. The first kappa shape index (κ1) is 16.5. The van der Waals surface area contributed by atoms with E-state index >= 15 is 0 Å². The molecule has 8 heteroatoms. The first-order chi connectivity index (χ1) is 9.73. The van der Waals surface area contributed by atoms with Crippen LogP contribution in [0.1, 0.15) is 19.8 Å². The molecule has 0 bridgehead atoms. The number of hydrogen-bond acceptors (Lipinski definition) is 4. The van der Waals surface area contributed by atoms with Gasteiger partial charge in [-0.1, -0.05) is 11.6 Å². The highest BCUT2D eigenvalue weighted by atomic mass is 35.5. The molecule has 0 radical (unpaired) electrons. The van der Waals surface area contributed by atoms with Gasteiger partial charge in [-0.2, -0.15) is 4.31 Å². The molecule has 0 amide bonds. The first-order valence-electron chi connectivity index (χ1n) is 6.66. The Balaban J connectivity index is 2.28. The second kappa shape index (κ2) is 6.08. The maximum Gasteiger partial charge on any atom is 0.246 e. The predicted octanol–water partition coefficient (Wildman–Crippen LogP) is 1.84. The third-order valence-electron chi connectivity index (χ3n) is 3.82. The zero-order valence-corrected chi connectivity index (χ0v) is 13.2. The summed E-state index contributed by atoms with van der Waals surface area (Å²) in [5.41, 5.74) is 5.65. The number of rotatable bonds is 3. The van der Waals surface area contributed by atoms with Gasteiger partial charge in [-0.3, -0.25) is 0 Å². The van der Waals surface area contributed by atoms with E-state index < -0.39 is 26.8 Å². The summed E-state index contributed by atoms with van der Waals surface area (Å²) in [4.78, 5) is -0.497. The molecule has 2 rings (SSSR count). The Hall–Kier alpha value is -0.890. The van der Waals surface area contributed by atoms with Gasteiger partial charge in [0.1, 0.15) is 4.90 Å². The Morgan fingerprint density at radius 2 is 2.00 bits per heavy atom. The molecule has 0 saturated carbocycles. The lowest BCUT2D eigenvalue weighted by molar-refractivity contribution is 0.0911. The molecule has 0 aliphatic carbocycles. The molecule has 5 nitrogen and oxygen atoms in total. The molecule has 1 saturated heterocycles. The molecule has 0 aromatic heterocycles. The number of halogens is 2. The Morgan fingerprint density at radius 1 is 1.43 bits per heavy atom. The minimum Gasteiger partial charge on any atom is -0.399 e. The third kappa shape index (κ3) is 3.31. The van der Waals surface area contributed by atoms with Crippen LogP contribution in [0.15, 0.2) is 17.0 Å². The molecule has 1 aliphatic rings. The van der Waals surface area contributed by atoms with Crippen molar-refractivity contribution in [3.8, 4) is 0 Å². The van der Waals surface area contributed by atoms with Gasteiger partial charge < -0.3 is 10.8 Å². The SMILES string of the molecule is CC(O)C1CCN(S(=O)(=O)c2cc(N)cc(Cl)c2F)CC1. The molecule has 21 heavy (non-hydrogen) atoms. The van der Waals surface area contributed by atoms with Gasteiger partial charge in [0.25, 0.3) is 0 Å². The molecule has 1 unspecified atom stereocenters. The van der Waals surface area contributed by atoms with Crippen molar-refractivity contribution in [2.24, 2.45) is 5.92 Å². The molecule has 3 N–H and O–H groups in total. The van der Waals surface area contributed by atoms with E-state index in [0.29, 0.717) is 12.8 Å². The van der Waals surface area contributed by atoms with E-state index in [1.54, 1.807) is 6.92 Å². The summed E-state index contributed by atoms with van der Waals surface area (Å²) < 4.78 is 40.2. The number of nitrogens with two attached hydrogens (primary N) is 1. The molecule has 1 aliphatic heterocycles. The summed E-state index contributed by atoms with van der Waals surface area (Å²) in [6, 6.07) is 2.26. The fraction of sp³-hybridized carbons (Fsp3) is 0.538. The molecule has 1 atom stereocenters. The van der Waals surface area contributed by atoms with E-state index in [2.05, 4.69) is 0 Å². The van der Waals surface area contributed by atoms with Crippen LogP contribution in [0.3, 0.4) is 0 Å². The molecule has 0 spiro atoms. The summed E-state index contributed by atoms with van der Waals surface area (Å²) in [5.74, 6) is -0.922. The van der Waals surface area contributed by atoms with E-state index in [-0.39, 0.29) is 29.7 Å². The van der Waals surface area contributed by atoms with Gasteiger partial charge in [0.05, 0.1) is 11.1 Å². The van der Waals surface area contributed by atoms with E-state index in [9.17, 15) is 17.9 Å². The maximum atomic E-state index is 14.0. The van der Waals surface area contributed by atoms with Crippen LogP contribution < -0.4 is 5.73 Å². The summed E-state index contributed by atoms with van der Waals surface area (Å²) in [6.45, 7) is 2.17. The number of piperidine rings is 1. The van der Waals surface area contributed by atoms with Crippen molar-refractivity contribution in [3.63, 3.8) is 0 Å². The van der Waals surface area contributed by atoms with E-state index in [1.165, 1.54) is 10.4 Å². The van der Waals surface area contributed by atoms with Crippen LogP contribution >= 0.6 is 11.6 Å². The van der Waals surface area contributed by atoms with Crippen LogP contribution in [0.2, 0.25) is 5.02 Å². The Bertz CT molecular complexity index is 629. The average Bonchev–Trinajstić information content (AvgIpc) is 2.42. The molecule has 1 fully saturated rings. The summed E-state index contributed by atoms with van der Waals surface area (Å²) in [7, 11) is -3.97. The van der Waals surface area contributed by atoms with Gasteiger partial charge >= 0.3 is 0 Å². The van der Waals surface area contributed by atoms with Crippen LogP contribution in [0.25, 0.3) is 0 Å². The van der Waals surface area contributed by atoms with Crippen LogP contribution in [-0.4, -0.2) is 37.0 Å². The van der Waals surface area contributed by atoms with Gasteiger partial charge in [-0.25, -0.2) is 12.8 Å². The lowest BCUT2D eigenvalue weighted by Crippen LogP contribution is -2.41. The van der Waals surface area contributed by atoms with Crippen molar-refractivity contribution in [1.29, 1.82) is 0 Å². The lowest BCUT2D eigenvalue weighted by Gasteiger charge is -2.32. The van der Waals surface area contributed by atoms with Crippen molar-refractivity contribution in [1.82, 2.24) is 4.31 Å². The van der Waals surface area contributed by atoms with Crippen molar-refractivity contribution < 1.29 is 17.9 Å². The smallest absolute Gasteiger partial charge is 0.246 e. The number of anilines is 1. The summed E-state index contributed by atoms with van der Waals surface area (Å²) >= 11 is 5.66. The standard InChI is InChI=1S/C13H18ClFN2O3S/c1-8(18)9-2-4-17(5-3-9)21(19,20)12-7-10(16)6-11(14)13(12)15/h6-9,18H,2-5,16H2,1H3. The fourth-order valence-electron chi connectivity index (χ4n) is 2.51. The van der Waals surface area contributed by atoms with Crippen LogP contribution in [-0.2, 0) is 10.0 Å². The monoisotopic (exact) mass is 336 g/mol. The number of aliphatic hydroxyl groups is 1. The third-order valence-corrected chi connectivity index (χ3v) is 5.99. The first-order valence-corrected chi connectivity index (χ1v) is 8.48. The fourth-order valence-corrected chi connectivity index (χ4v) is 4.38. The number of nitrogens with zero attached hydrogens (tertiary/aromatic N) is 1. The molecule has 1 aromatic rings. The molecule has 118 valence electrons. The lowest BCUT2D eigenvalue weighted by atomic mass is 9.93. The predicted molar refractivity (Wildman–Crippen MR) is 79.0 cm³/mol. The number of aliphatic hydroxyl groups excluding tert-OH is 1. The van der Waals surface area contributed by atoms with E-state index in [4.69, 9.17) is 17.3 Å². The summed E-state index contributed by atoms with van der Waals surface area (Å²) in [5, 5.41) is 9.23. The van der Waals surface area contributed by atoms with Gasteiger partial charge in [-0.15, -0.1) is 0 Å². The zero-order chi connectivity index (χ0) is 15.8. The van der Waals surface area contributed by atoms with Gasteiger partial charge in [0.2, 0.25) is 10.0 Å². The van der Waals surface area contributed by atoms with E-state index in [0.717, 1.165) is 6.07 Å². The minimum absolute atomic E-state index is 0.0609. The van der Waals surface area contributed by atoms with Crippen molar-refractivity contribution >= 4 is 27.3 Å². The highest BCUT2D eigenvalue weighted by Crippen LogP contribution is 2.30. The molecule has 1 aromatic carbocycles. The minimum atomic E-state index is -3.97. The number of hydrogen-bond donors (Lipinski definition) is 2. The van der Waals surface area contributed by atoms with E-state index in [1.807, 2.05) is 0 Å². The number of nitrogen functional groups attached to an aromatic ring is 1. The van der Waals surface area contributed by atoms with Gasteiger partial charge in [0.15, 0.2) is 5.82 Å². The Morgan fingerprint density at radius 3 is 2.52 bits per heavy atom. The normalized spacial score (nSPS) is 19.6. The second-order valence-corrected chi connectivity index (χ2v) is 7.61. The zero-order valence-electron chi connectivity index (χ0n) is 11.6. The second-order valence-electron chi connectivity index (χ2n) is 5.30. The largest absolute Gasteiger partial charge is 0.399 e. The van der Waals surface area contributed by atoms with Crippen LogP contribution in [0.5, 0.6) is 0 Å². The Kier molecular flexibility index (Phi) is 4.77. The summed E-state index contributed by atoms with van der Waals surface area (Å²) in [6.07, 6.45) is 0.594. The Labute approximate surface area is 128 Å². The van der Waals surface area contributed by atoms with Crippen LogP contribution in [0.4, 0.5) is 10.1 Å². The topological polar surface area (TPSA) is 83.6 Å². The maximum absolute atomic E-state index is 14.0. The van der Waals surface area contributed by atoms with Crippen molar-refractivity contribution in [2.45, 2.75) is 30.8 Å². The number of sulfonamides is 1. The van der Waals surface area contributed by atoms with Crippen molar-refractivity contribution in [2.75, 3.05) is 18.8 Å². The molecular formula is C13H18ClFN2O3S. The average molecular weight is 337 g/mol. The quantitative estimate of drug-likeness (QED) is 0.825. The van der Waals surface area contributed by atoms with Gasteiger partial charge in [-0.05, 0) is 37.8 Å². The molecular weight excluding hydrogens is 319 g/mol. The van der Waals surface area contributed by atoms with Crippen LogP contribution in [0, 0.1) is 11.7 Å². The molecule has 1 heterocycles.